The van der Waals surface area contributed by atoms with E-state index in [0.717, 1.165) is 48.4 Å². The molecule has 3 heterocycles. The van der Waals surface area contributed by atoms with E-state index in [-0.39, 0.29) is 5.91 Å². The predicted molar refractivity (Wildman–Crippen MR) is 91.6 cm³/mol. The Hall–Kier alpha value is -2.12. The summed E-state index contributed by atoms with van der Waals surface area (Å²) in [5.74, 6) is 0.716. The third-order valence-electron chi connectivity index (χ3n) is 4.20. The zero-order valence-corrected chi connectivity index (χ0v) is 14.1. The smallest absolute Gasteiger partial charge is 0.261 e. The van der Waals surface area contributed by atoms with E-state index in [1.54, 1.807) is 11.3 Å². The third kappa shape index (κ3) is 3.22. The molecule has 2 aromatic rings. The zero-order valence-electron chi connectivity index (χ0n) is 13.2. The monoisotopic (exact) mass is 345 g/mol. The predicted octanol–water partition coefficient (Wildman–Crippen LogP) is 1.60. The maximum absolute atomic E-state index is 12.3. The number of hydrogen-bond donors (Lipinski definition) is 1. The quantitative estimate of drug-likeness (QED) is 0.912. The van der Waals surface area contributed by atoms with Crippen LogP contribution in [0.1, 0.15) is 11.3 Å². The van der Waals surface area contributed by atoms with Crippen molar-refractivity contribution in [3.63, 3.8) is 0 Å². The van der Waals surface area contributed by atoms with Gasteiger partial charge in [-0.2, -0.15) is 0 Å². The van der Waals surface area contributed by atoms with Crippen molar-refractivity contribution < 1.29 is 14.3 Å². The first kappa shape index (κ1) is 15.4. The maximum atomic E-state index is 12.3. The normalized spacial score (nSPS) is 19.7. The number of hydrogen-bond acceptors (Lipinski definition) is 6. The summed E-state index contributed by atoms with van der Waals surface area (Å²) in [5.41, 5.74) is 1.96. The van der Waals surface area contributed by atoms with Crippen LogP contribution in [0.15, 0.2) is 29.6 Å². The van der Waals surface area contributed by atoms with Gasteiger partial charge in [-0.15, -0.1) is 11.3 Å². The van der Waals surface area contributed by atoms with E-state index < -0.39 is 6.10 Å². The lowest BCUT2D eigenvalue weighted by Gasteiger charge is -2.26. The number of ether oxygens (including phenoxy) is 2. The second kappa shape index (κ2) is 6.78. The fraction of sp³-hybridized carbons (Fsp3) is 0.412. The highest BCUT2D eigenvalue weighted by molar-refractivity contribution is 7.13. The lowest BCUT2D eigenvalue weighted by molar-refractivity contribution is -0.127. The SMILES string of the molecule is O=C(NCc1csc(N2CCOCC2)n1)C1Cc2ccccc2O1. The van der Waals surface area contributed by atoms with Crippen LogP contribution in [0.4, 0.5) is 5.13 Å². The van der Waals surface area contributed by atoms with Crippen LogP contribution in [0.3, 0.4) is 0 Å². The van der Waals surface area contributed by atoms with Gasteiger partial charge in [0.05, 0.1) is 25.5 Å². The van der Waals surface area contributed by atoms with Crippen LogP contribution in [0, 0.1) is 0 Å². The number of fused-ring (bicyclic) bond motifs is 1. The molecule has 2 aliphatic heterocycles. The number of carbonyl (C=O) groups is 1. The lowest BCUT2D eigenvalue weighted by Crippen LogP contribution is -2.37. The van der Waals surface area contributed by atoms with Crippen molar-refractivity contribution in [3.05, 3.63) is 40.9 Å². The molecule has 1 amide bonds. The molecule has 0 aliphatic carbocycles. The number of nitrogens with one attached hydrogen (secondary N) is 1. The molecule has 24 heavy (non-hydrogen) atoms. The average molecular weight is 345 g/mol. The first-order chi connectivity index (χ1) is 11.8. The summed E-state index contributed by atoms with van der Waals surface area (Å²) in [5, 5.41) is 5.92. The minimum Gasteiger partial charge on any atom is -0.480 e. The summed E-state index contributed by atoms with van der Waals surface area (Å²) >= 11 is 1.61. The Morgan fingerprint density at radius 2 is 2.17 bits per heavy atom. The topological polar surface area (TPSA) is 63.7 Å². The highest BCUT2D eigenvalue weighted by Crippen LogP contribution is 2.28. The van der Waals surface area contributed by atoms with E-state index >= 15 is 0 Å². The van der Waals surface area contributed by atoms with Crippen LogP contribution in [0.2, 0.25) is 0 Å². The van der Waals surface area contributed by atoms with Crippen LogP contribution >= 0.6 is 11.3 Å². The number of benzene rings is 1. The second-order valence-corrected chi connectivity index (χ2v) is 6.69. The number of morpholine rings is 1. The van der Waals surface area contributed by atoms with E-state index in [4.69, 9.17) is 9.47 Å². The van der Waals surface area contributed by atoms with Gasteiger partial charge in [-0.3, -0.25) is 4.79 Å². The Kier molecular flexibility index (Phi) is 4.36. The standard InChI is InChI=1S/C17H19N3O3S/c21-16(15-9-12-3-1-2-4-14(12)23-15)18-10-13-11-24-17(19-13)20-5-7-22-8-6-20/h1-4,11,15H,5-10H2,(H,18,21). The van der Waals surface area contributed by atoms with Crippen LogP contribution in [0.25, 0.3) is 0 Å². The van der Waals surface area contributed by atoms with Gasteiger partial charge in [-0.05, 0) is 11.6 Å². The Labute approximate surface area is 144 Å². The van der Waals surface area contributed by atoms with Gasteiger partial charge in [0, 0.05) is 24.9 Å². The number of rotatable bonds is 4. The molecule has 0 radical (unpaired) electrons. The Morgan fingerprint density at radius 1 is 1.33 bits per heavy atom. The average Bonchev–Trinajstić information content (AvgIpc) is 3.27. The molecule has 7 heteroatoms. The van der Waals surface area contributed by atoms with E-state index in [2.05, 4.69) is 15.2 Å². The van der Waals surface area contributed by atoms with Gasteiger partial charge in [-0.25, -0.2) is 4.98 Å². The molecule has 6 nitrogen and oxygen atoms in total. The number of anilines is 1. The Morgan fingerprint density at radius 3 is 3.00 bits per heavy atom. The molecule has 4 rings (SSSR count). The first-order valence-corrected chi connectivity index (χ1v) is 8.97. The number of amides is 1. The van der Waals surface area contributed by atoms with Crippen LogP contribution < -0.4 is 15.0 Å². The van der Waals surface area contributed by atoms with Crippen LogP contribution in [0.5, 0.6) is 5.75 Å². The van der Waals surface area contributed by atoms with Gasteiger partial charge in [0.15, 0.2) is 11.2 Å². The molecule has 1 aromatic carbocycles. The van der Waals surface area contributed by atoms with Gasteiger partial charge in [0.25, 0.3) is 5.91 Å². The molecule has 0 saturated carbocycles. The van der Waals surface area contributed by atoms with Crippen molar-refractivity contribution in [1.82, 2.24) is 10.3 Å². The molecule has 1 unspecified atom stereocenters. The fourth-order valence-corrected chi connectivity index (χ4v) is 3.78. The number of para-hydroxylation sites is 1. The van der Waals surface area contributed by atoms with E-state index in [9.17, 15) is 4.79 Å². The minimum absolute atomic E-state index is 0.0906. The van der Waals surface area contributed by atoms with Gasteiger partial charge in [0.1, 0.15) is 5.75 Å². The summed E-state index contributed by atoms with van der Waals surface area (Å²) in [6.45, 7) is 3.65. The van der Waals surface area contributed by atoms with Crippen molar-refractivity contribution in [1.29, 1.82) is 0 Å². The Balaban J connectivity index is 1.31. The van der Waals surface area contributed by atoms with Gasteiger partial charge < -0.3 is 19.7 Å². The van der Waals surface area contributed by atoms with Crippen molar-refractivity contribution >= 4 is 22.4 Å². The molecule has 1 atom stereocenters. The molecule has 126 valence electrons. The molecule has 0 bridgehead atoms. The molecular weight excluding hydrogens is 326 g/mol. The van der Waals surface area contributed by atoms with Crippen molar-refractivity contribution in [2.75, 3.05) is 31.2 Å². The molecule has 1 aromatic heterocycles. The number of aromatic nitrogens is 1. The minimum atomic E-state index is -0.445. The number of carbonyl (C=O) groups excluding carboxylic acids is 1. The van der Waals surface area contributed by atoms with Gasteiger partial charge in [0.2, 0.25) is 0 Å². The zero-order chi connectivity index (χ0) is 16.4. The molecule has 2 aliphatic rings. The maximum Gasteiger partial charge on any atom is 0.261 e. The summed E-state index contributed by atoms with van der Waals surface area (Å²) in [7, 11) is 0. The van der Waals surface area contributed by atoms with E-state index in [1.807, 2.05) is 29.6 Å². The van der Waals surface area contributed by atoms with Crippen molar-refractivity contribution in [2.24, 2.45) is 0 Å². The molecule has 1 saturated heterocycles. The van der Waals surface area contributed by atoms with Gasteiger partial charge in [-0.1, -0.05) is 18.2 Å². The number of nitrogens with zero attached hydrogens (tertiary/aromatic N) is 2. The summed E-state index contributed by atoms with van der Waals surface area (Å²) in [6, 6.07) is 7.78. The molecular formula is C17H19N3O3S. The van der Waals surface area contributed by atoms with Crippen LogP contribution in [-0.4, -0.2) is 43.3 Å². The lowest BCUT2D eigenvalue weighted by atomic mass is 10.1. The molecule has 0 spiro atoms. The highest BCUT2D eigenvalue weighted by Gasteiger charge is 2.28. The highest BCUT2D eigenvalue weighted by atomic mass is 32.1. The molecule has 1 N–H and O–H groups in total. The summed E-state index contributed by atoms with van der Waals surface area (Å²) < 4.78 is 11.1. The van der Waals surface area contributed by atoms with Crippen molar-refractivity contribution in [3.8, 4) is 5.75 Å². The summed E-state index contributed by atoms with van der Waals surface area (Å²) in [6.07, 6.45) is 0.178. The third-order valence-corrected chi connectivity index (χ3v) is 5.15. The number of thiazole rings is 1. The van der Waals surface area contributed by atoms with Crippen LogP contribution in [-0.2, 0) is 22.5 Å². The molecule has 1 fully saturated rings. The van der Waals surface area contributed by atoms with Crippen molar-refractivity contribution in [2.45, 2.75) is 19.1 Å². The van der Waals surface area contributed by atoms with E-state index in [1.165, 1.54) is 0 Å². The largest absolute Gasteiger partial charge is 0.480 e. The fourth-order valence-electron chi connectivity index (χ4n) is 2.90. The second-order valence-electron chi connectivity index (χ2n) is 5.86. The Bertz CT molecular complexity index is 702. The van der Waals surface area contributed by atoms with E-state index in [0.29, 0.717) is 13.0 Å². The first-order valence-electron chi connectivity index (χ1n) is 8.09. The van der Waals surface area contributed by atoms with Gasteiger partial charge >= 0.3 is 0 Å². The summed E-state index contributed by atoms with van der Waals surface area (Å²) in [4.78, 5) is 19.1.